The van der Waals surface area contributed by atoms with Crippen molar-refractivity contribution in [2.45, 2.75) is 71.6 Å². The minimum Gasteiger partial charge on any atom is -0.481 e. The molecule has 0 saturated carbocycles. The number of rotatable bonds is 11. The molecule has 0 aliphatic heterocycles. The lowest BCUT2D eigenvalue weighted by molar-refractivity contribution is -0.141. The maximum atomic E-state index is 10.6. The van der Waals surface area contributed by atoms with E-state index < -0.39 is 5.97 Å². The van der Waals surface area contributed by atoms with Gasteiger partial charge in [0.15, 0.2) is 0 Å². The highest BCUT2D eigenvalue weighted by molar-refractivity contribution is 5.69. The normalized spacial score (nSPS) is 13.1. The Hall–Kier alpha value is -0.790. The standard InChI is InChI=1S/C15H28O2/c1-3-4-5-6-7-8-9-10-11-12-13-14(2)15(16)17/h4-5,14H,3,6-13H2,1-2H3,(H,16,17). The lowest BCUT2D eigenvalue weighted by Gasteiger charge is -2.05. The average Bonchev–Trinajstić information content (AvgIpc) is 2.31. The molecule has 0 amide bonds. The van der Waals surface area contributed by atoms with Gasteiger partial charge in [-0.05, 0) is 25.7 Å². The summed E-state index contributed by atoms with van der Waals surface area (Å²) >= 11 is 0. The quantitative estimate of drug-likeness (QED) is 0.416. The van der Waals surface area contributed by atoms with Gasteiger partial charge >= 0.3 is 5.97 Å². The van der Waals surface area contributed by atoms with Crippen molar-refractivity contribution >= 4 is 5.97 Å². The van der Waals surface area contributed by atoms with E-state index >= 15 is 0 Å². The molecular formula is C15H28O2. The molecule has 0 radical (unpaired) electrons. The van der Waals surface area contributed by atoms with Gasteiger partial charge in [-0.15, -0.1) is 0 Å². The summed E-state index contributed by atoms with van der Waals surface area (Å²) in [5.74, 6) is -0.832. The molecule has 0 spiro atoms. The Labute approximate surface area is 106 Å². The van der Waals surface area contributed by atoms with E-state index in [0.717, 1.165) is 19.3 Å². The van der Waals surface area contributed by atoms with Crippen LogP contribution in [0.5, 0.6) is 0 Å². The summed E-state index contributed by atoms with van der Waals surface area (Å²) in [7, 11) is 0. The zero-order valence-corrected chi connectivity index (χ0v) is 11.5. The number of carboxylic acids is 1. The molecule has 2 nitrogen and oxygen atoms in total. The Balaban J connectivity index is 3.13. The number of hydrogen-bond acceptors (Lipinski definition) is 1. The molecule has 0 aromatic rings. The van der Waals surface area contributed by atoms with Crippen molar-refractivity contribution in [3.63, 3.8) is 0 Å². The van der Waals surface area contributed by atoms with Crippen molar-refractivity contribution in [2.75, 3.05) is 0 Å². The molecule has 1 N–H and O–H groups in total. The van der Waals surface area contributed by atoms with Crippen LogP contribution >= 0.6 is 0 Å². The van der Waals surface area contributed by atoms with E-state index in [0.29, 0.717) is 0 Å². The second kappa shape index (κ2) is 11.7. The van der Waals surface area contributed by atoms with Gasteiger partial charge in [0.05, 0.1) is 5.92 Å². The van der Waals surface area contributed by atoms with Crippen molar-refractivity contribution in [3.8, 4) is 0 Å². The lowest BCUT2D eigenvalue weighted by Crippen LogP contribution is -2.08. The lowest BCUT2D eigenvalue weighted by atomic mass is 10.0. The van der Waals surface area contributed by atoms with Crippen LogP contribution < -0.4 is 0 Å². The molecule has 1 atom stereocenters. The van der Waals surface area contributed by atoms with Gasteiger partial charge in [0, 0.05) is 0 Å². The Bertz CT molecular complexity index is 209. The fourth-order valence-corrected chi connectivity index (χ4v) is 1.83. The summed E-state index contributed by atoms with van der Waals surface area (Å²) in [5.41, 5.74) is 0. The Morgan fingerprint density at radius 3 is 2.24 bits per heavy atom. The minimum atomic E-state index is -0.660. The smallest absolute Gasteiger partial charge is 0.306 e. The van der Waals surface area contributed by atoms with Crippen molar-refractivity contribution < 1.29 is 9.90 Å². The monoisotopic (exact) mass is 240 g/mol. The van der Waals surface area contributed by atoms with E-state index in [1.165, 1.54) is 38.5 Å². The third kappa shape index (κ3) is 11.5. The van der Waals surface area contributed by atoms with E-state index in [-0.39, 0.29) is 5.92 Å². The maximum Gasteiger partial charge on any atom is 0.306 e. The zero-order chi connectivity index (χ0) is 12.9. The molecule has 0 rings (SSSR count). The van der Waals surface area contributed by atoms with E-state index in [4.69, 9.17) is 5.11 Å². The number of aliphatic carboxylic acids is 1. The van der Waals surface area contributed by atoms with Crippen molar-refractivity contribution in [1.29, 1.82) is 0 Å². The van der Waals surface area contributed by atoms with Gasteiger partial charge in [-0.3, -0.25) is 4.79 Å². The Morgan fingerprint density at radius 1 is 1.06 bits per heavy atom. The predicted octanol–water partition coefficient (Wildman–Crippen LogP) is 4.79. The number of carboxylic acid groups (broad SMARTS) is 1. The Morgan fingerprint density at radius 2 is 1.65 bits per heavy atom. The van der Waals surface area contributed by atoms with Crippen LogP contribution in [0, 0.1) is 5.92 Å². The van der Waals surface area contributed by atoms with Crippen LogP contribution in [0.1, 0.15) is 71.6 Å². The summed E-state index contributed by atoms with van der Waals surface area (Å²) in [4.78, 5) is 10.6. The third-order valence-electron chi connectivity index (χ3n) is 3.08. The molecule has 2 heteroatoms. The van der Waals surface area contributed by atoms with Crippen LogP contribution in [0.25, 0.3) is 0 Å². The highest BCUT2D eigenvalue weighted by atomic mass is 16.4. The zero-order valence-electron chi connectivity index (χ0n) is 11.5. The highest BCUT2D eigenvalue weighted by Gasteiger charge is 2.09. The SMILES string of the molecule is CCC=CCCCCCCCCC(C)C(=O)O. The van der Waals surface area contributed by atoms with Crippen LogP contribution in [0.4, 0.5) is 0 Å². The van der Waals surface area contributed by atoms with Gasteiger partial charge in [-0.2, -0.15) is 0 Å². The van der Waals surface area contributed by atoms with Crippen LogP contribution in [0.15, 0.2) is 12.2 Å². The number of allylic oxidation sites excluding steroid dienone is 2. The molecule has 17 heavy (non-hydrogen) atoms. The number of carbonyl (C=O) groups is 1. The predicted molar refractivity (Wildman–Crippen MR) is 73.2 cm³/mol. The van der Waals surface area contributed by atoms with E-state index in [9.17, 15) is 4.79 Å². The first kappa shape index (κ1) is 16.2. The molecule has 0 fully saturated rings. The summed E-state index contributed by atoms with van der Waals surface area (Å²) in [6, 6.07) is 0. The molecule has 0 bridgehead atoms. The molecule has 0 aromatic heterocycles. The summed E-state index contributed by atoms with van der Waals surface area (Å²) in [6.45, 7) is 3.96. The van der Waals surface area contributed by atoms with Crippen molar-refractivity contribution in [1.82, 2.24) is 0 Å². The molecule has 0 aliphatic rings. The first-order valence-corrected chi connectivity index (χ1v) is 7.06. The van der Waals surface area contributed by atoms with Gasteiger partial charge in [0.1, 0.15) is 0 Å². The number of hydrogen-bond donors (Lipinski definition) is 1. The summed E-state index contributed by atoms with van der Waals surface area (Å²) in [5, 5.41) is 8.72. The first-order chi connectivity index (χ1) is 8.18. The summed E-state index contributed by atoms with van der Waals surface area (Å²) < 4.78 is 0. The number of unbranched alkanes of at least 4 members (excludes halogenated alkanes) is 6. The molecule has 100 valence electrons. The van der Waals surface area contributed by atoms with Gasteiger partial charge in [-0.25, -0.2) is 0 Å². The van der Waals surface area contributed by atoms with Gasteiger partial charge in [0.25, 0.3) is 0 Å². The fraction of sp³-hybridized carbons (Fsp3) is 0.800. The largest absolute Gasteiger partial charge is 0.481 e. The summed E-state index contributed by atoms with van der Waals surface area (Å²) in [6.07, 6.45) is 15.1. The minimum absolute atomic E-state index is 0.172. The molecule has 0 aromatic carbocycles. The highest BCUT2D eigenvalue weighted by Crippen LogP contribution is 2.12. The van der Waals surface area contributed by atoms with Gasteiger partial charge in [0.2, 0.25) is 0 Å². The van der Waals surface area contributed by atoms with Gasteiger partial charge < -0.3 is 5.11 Å². The fourth-order valence-electron chi connectivity index (χ4n) is 1.83. The molecule has 0 saturated heterocycles. The van der Waals surface area contributed by atoms with Crippen LogP contribution in [0.3, 0.4) is 0 Å². The van der Waals surface area contributed by atoms with Crippen LogP contribution in [0.2, 0.25) is 0 Å². The second-order valence-corrected chi connectivity index (χ2v) is 4.82. The van der Waals surface area contributed by atoms with E-state index in [2.05, 4.69) is 19.1 Å². The molecule has 0 aliphatic carbocycles. The molecule has 1 unspecified atom stereocenters. The molecular weight excluding hydrogens is 212 g/mol. The third-order valence-corrected chi connectivity index (χ3v) is 3.08. The second-order valence-electron chi connectivity index (χ2n) is 4.82. The van der Waals surface area contributed by atoms with E-state index in [1.807, 2.05) is 0 Å². The van der Waals surface area contributed by atoms with Crippen LogP contribution in [-0.2, 0) is 4.79 Å². The van der Waals surface area contributed by atoms with Crippen LogP contribution in [-0.4, -0.2) is 11.1 Å². The first-order valence-electron chi connectivity index (χ1n) is 7.06. The van der Waals surface area contributed by atoms with Crippen molar-refractivity contribution in [3.05, 3.63) is 12.2 Å². The topological polar surface area (TPSA) is 37.3 Å². The van der Waals surface area contributed by atoms with Gasteiger partial charge in [-0.1, -0.05) is 58.1 Å². The maximum absolute atomic E-state index is 10.6. The van der Waals surface area contributed by atoms with E-state index in [1.54, 1.807) is 6.92 Å². The van der Waals surface area contributed by atoms with Crippen molar-refractivity contribution in [2.24, 2.45) is 5.92 Å². The average molecular weight is 240 g/mol. The molecule has 0 heterocycles. The Kier molecular flexibility index (Phi) is 11.1.